The minimum absolute atomic E-state index is 0.163. The number of nitrogens with one attached hydrogen (secondary N) is 1. The summed E-state index contributed by atoms with van der Waals surface area (Å²) in [7, 11) is 0. The van der Waals surface area contributed by atoms with E-state index in [-0.39, 0.29) is 24.9 Å². The van der Waals surface area contributed by atoms with E-state index in [1.165, 1.54) is 11.3 Å². The van der Waals surface area contributed by atoms with Gasteiger partial charge in [0, 0.05) is 9.35 Å². The van der Waals surface area contributed by atoms with Crippen molar-refractivity contribution in [2.24, 2.45) is 0 Å². The molecular weight excluding hydrogens is 482 g/mol. The first-order chi connectivity index (χ1) is 15.0. The van der Waals surface area contributed by atoms with Crippen molar-refractivity contribution in [3.05, 3.63) is 68.4 Å². The number of esters is 1. The number of fused-ring (bicyclic) bond motifs is 1. The van der Waals surface area contributed by atoms with Crippen LogP contribution in [0.15, 0.2) is 45.3 Å². The molecule has 0 saturated carbocycles. The van der Waals surface area contributed by atoms with Crippen molar-refractivity contribution in [1.29, 1.82) is 0 Å². The van der Waals surface area contributed by atoms with Crippen LogP contribution in [0.4, 0.5) is 5.00 Å². The predicted molar refractivity (Wildman–Crippen MR) is 122 cm³/mol. The third-order valence-electron chi connectivity index (χ3n) is 4.96. The molecule has 4 rings (SSSR count). The lowest BCUT2D eigenvalue weighted by Gasteiger charge is -2.12. The van der Waals surface area contributed by atoms with Gasteiger partial charge in [-0.25, -0.2) is 4.79 Å². The van der Waals surface area contributed by atoms with Crippen molar-refractivity contribution < 1.29 is 23.5 Å². The van der Waals surface area contributed by atoms with E-state index in [1.54, 1.807) is 19.1 Å². The van der Waals surface area contributed by atoms with Gasteiger partial charge in [0.15, 0.2) is 5.76 Å². The number of thiophene rings is 1. The van der Waals surface area contributed by atoms with Crippen molar-refractivity contribution in [1.82, 2.24) is 0 Å². The Morgan fingerprint density at radius 3 is 2.68 bits per heavy atom. The number of rotatable bonds is 7. The van der Waals surface area contributed by atoms with Crippen LogP contribution in [-0.2, 0) is 24.2 Å². The highest BCUT2D eigenvalue weighted by atomic mass is 79.9. The Kier molecular flexibility index (Phi) is 6.77. The molecule has 0 radical (unpaired) electrons. The van der Waals surface area contributed by atoms with Crippen LogP contribution in [0.2, 0.25) is 0 Å². The van der Waals surface area contributed by atoms with E-state index in [0.29, 0.717) is 22.1 Å². The maximum atomic E-state index is 12.8. The Labute approximate surface area is 192 Å². The zero-order chi connectivity index (χ0) is 21.8. The van der Waals surface area contributed by atoms with E-state index in [4.69, 9.17) is 13.9 Å². The van der Waals surface area contributed by atoms with Gasteiger partial charge in [0.2, 0.25) is 0 Å². The van der Waals surface area contributed by atoms with Crippen molar-refractivity contribution in [2.75, 3.05) is 11.9 Å². The first-order valence-electron chi connectivity index (χ1n) is 10.1. The number of furan rings is 1. The van der Waals surface area contributed by atoms with Crippen LogP contribution >= 0.6 is 27.3 Å². The van der Waals surface area contributed by atoms with Gasteiger partial charge in [0.25, 0.3) is 5.91 Å². The van der Waals surface area contributed by atoms with Gasteiger partial charge < -0.3 is 19.2 Å². The number of benzene rings is 1. The molecule has 162 valence electrons. The highest BCUT2D eigenvalue weighted by Crippen LogP contribution is 2.38. The number of carbonyl (C=O) groups is 2. The Balaban J connectivity index is 1.46. The molecule has 0 unspecified atom stereocenters. The summed E-state index contributed by atoms with van der Waals surface area (Å²) >= 11 is 4.83. The molecule has 0 atom stereocenters. The molecule has 2 heterocycles. The van der Waals surface area contributed by atoms with Crippen molar-refractivity contribution in [3.8, 4) is 5.75 Å². The summed E-state index contributed by atoms with van der Waals surface area (Å²) in [5, 5.41) is 3.38. The zero-order valence-corrected chi connectivity index (χ0v) is 19.4. The van der Waals surface area contributed by atoms with E-state index in [1.807, 2.05) is 24.3 Å². The van der Waals surface area contributed by atoms with Gasteiger partial charge >= 0.3 is 5.97 Å². The standard InChI is InChI=1S/C23H22BrNO5S/c1-2-28-23(27)20-17-5-3-4-6-19(17)31-22(20)25-21(26)18-12-11-16(30-18)13-29-15-9-7-14(24)8-10-15/h7-12H,2-6,13H2,1H3,(H,25,26). The van der Waals surface area contributed by atoms with Gasteiger partial charge in [-0.2, -0.15) is 0 Å². The maximum Gasteiger partial charge on any atom is 0.341 e. The lowest BCUT2D eigenvalue weighted by molar-refractivity contribution is 0.0526. The number of halogens is 1. The SMILES string of the molecule is CCOC(=O)c1c(NC(=O)c2ccc(COc3ccc(Br)cc3)o2)sc2c1CCCC2. The number of hydrogen-bond donors (Lipinski definition) is 1. The Hall–Kier alpha value is -2.58. The normalized spacial score (nSPS) is 12.8. The minimum Gasteiger partial charge on any atom is -0.486 e. The number of hydrogen-bond acceptors (Lipinski definition) is 6. The summed E-state index contributed by atoms with van der Waals surface area (Å²) in [6, 6.07) is 10.8. The van der Waals surface area contributed by atoms with Gasteiger partial charge in [-0.15, -0.1) is 11.3 Å². The molecule has 8 heteroatoms. The molecule has 2 aromatic heterocycles. The maximum absolute atomic E-state index is 12.8. The van der Waals surface area contributed by atoms with Crippen LogP contribution < -0.4 is 10.1 Å². The molecule has 1 aliphatic rings. The molecule has 0 spiro atoms. The van der Waals surface area contributed by atoms with Crippen LogP contribution in [-0.4, -0.2) is 18.5 Å². The van der Waals surface area contributed by atoms with Crippen molar-refractivity contribution in [3.63, 3.8) is 0 Å². The fraction of sp³-hybridized carbons (Fsp3) is 0.304. The van der Waals surface area contributed by atoms with Crippen LogP contribution in [0.25, 0.3) is 0 Å². The molecule has 1 amide bonds. The lowest BCUT2D eigenvalue weighted by atomic mass is 9.95. The van der Waals surface area contributed by atoms with E-state index in [9.17, 15) is 9.59 Å². The smallest absolute Gasteiger partial charge is 0.341 e. The summed E-state index contributed by atoms with van der Waals surface area (Å²) in [6.45, 7) is 2.27. The van der Waals surface area contributed by atoms with E-state index >= 15 is 0 Å². The highest BCUT2D eigenvalue weighted by molar-refractivity contribution is 9.10. The topological polar surface area (TPSA) is 77.8 Å². The van der Waals surface area contributed by atoms with Crippen LogP contribution in [0.3, 0.4) is 0 Å². The molecule has 0 saturated heterocycles. The first kappa shape index (κ1) is 21.6. The minimum atomic E-state index is -0.404. The second-order valence-electron chi connectivity index (χ2n) is 7.10. The molecule has 1 aliphatic carbocycles. The average Bonchev–Trinajstić information content (AvgIpc) is 3.38. The second-order valence-corrected chi connectivity index (χ2v) is 9.12. The van der Waals surface area contributed by atoms with E-state index in [2.05, 4.69) is 21.2 Å². The number of amides is 1. The van der Waals surface area contributed by atoms with Gasteiger partial charge in [-0.05, 0) is 74.6 Å². The molecular formula is C23H22BrNO5S. The van der Waals surface area contributed by atoms with Crippen molar-refractivity contribution in [2.45, 2.75) is 39.2 Å². The van der Waals surface area contributed by atoms with Gasteiger partial charge in [0.1, 0.15) is 23.1 Å². The molecule has 0 bridgehead atoms. The van der Waals surface area contributed by atoms with Crippen LogP contribution in [0.5, 0.6) is 5.75 Å². The fourth-order valence-electron chi connectivity index (χ4n) is 3.50. The molecule has 31 heavy (non-hydrogen) atoms. The first-order valence-corrected chi connectivity index (χ1v) is 11.8. The number of ether oxygens (including phenoxy) is 2. The summed E-state index contributed by atoms with van der Waals surface area (Å²) in [5.74, 6) is 0.605. The second kappa shape index (κ2) is 9.70. The molecule has 3 aromatic rings. The third-order valence-corrected chi connectivity index (χ3v) is 6.69. The Bertz CT molecular complexity index is 1090. The fourth-order valence-corrected chi connectivity index (χ4v) is 5.04. The summed E-state index contributed by atoms with van der Waals surface area (Å²) in [4.78, 5) is 26.5. The molecule has 1 N–H and O–H groups in total. The summed E-state index contributed by atoms with van der Waals surface area (Å²) in [5.41, 5.74) is 1.49. The average molecular weight is 504 g/mol. The zero-order valence-electron chi connectivity index (χ0n) is 17.0. The van der Waals surface area contributed by atoms with Gasteiger partial charge in [-0.1, -0.05) is 15.9 Å². The molecule has 0 aliphatic heterocycles. The van der Waals surface area contributed by atoms with Crippen LogP contribution in [0.1, 0.15) is 56.9 Å². The number of carbonyl (C=O) groups excluding carboxylic acids is 2. The highest BCUT2D eigenvalue weighted by Gasteiger charge is 2.28. The summed E-state index contributed by atoms with van der Waals surface area (Å²) < 4.78 is 17.5. The third kappa shape index (κ3) is 5.02. The van der Waals surface area contributed by atoms with E-state index in [0.717, 1.165) is 40.6 Å². The number of anilines is 1. The number of aryl methyl sites for hydroxylation is 1. The Morgan fingerprint density at radius 2 is 1.90 bits per heavy atom. The predicted octanol–water partition coefficient (Wildman–Crippen LogP) is 5.99. The quantitative estimate of drug-likeness (QED) is 0.400. The van der Waals surface area contributed by atoms with Crippen molar-refractivity contribution >= 4 is 44.1 Å². The summed E-state index contributed by atoms with van der Waals surface area (Å²) in [6.07, 6.45) is 3.86. The lowest BCUT2D eigenvalue weighted by Crippen LogP contribution is -2.15. The van der Waals surface area contributed by atoms with Crippen LogP contribution in [0, 0.1) is 0 Å². The Morgan fingerprint density at radius 1 is 1.13 bits per heavy atom. The monoisotopic (exact) mass is 503 g/mol. The van der Waals surface area contributed by atoms with Gasteiger partial charge in [-0.3, -0.25) is 4.79 Å². The largest absolute Gasteiger partial charge is 0.486 e. The molecule has 1 aromatic carbocycles. The van der Waals surface area contributed by atoms with E-state index < -0.39 is 5.91 Å². The molecule has 6 nitrogen and oxygen atoms in total. The van der Waals surface area contributed by atoms with Gasteiger partial charge in [0.05, 0.1) is 12.2 Å². The molecule has 0 fully saturated rings.